The van der Waals surface area contributed by atoms with Crippen LogP contribution in [0.25, 0.3) is 0 Å². The molecular formula is C12H16IN. The fourth-order valence-corrected chi connectivity index (χ4v) is 2.40. The number of halogens is 1. The van der Waals surface area contributed by atoms with E-state index in [-0.39, 0.29) is 0 Å². The molecule has 1 fully saturated rings. The number of benzene rings is 1. The zero-order valence-electron chi connectivity index (χ0n) is 8.30. The van der Waals surface area contributed by atoms with Gasteiger partial charge in [0, 0.05) is 3.57 Å². The Hall–Kier alpha value is -0.0900. The largest absolute Gasteiger partial charge is 0.317 e. The second kappa shape index (κ2) is 5.12. The van der Waals surface area contributed by atoms with Gasteiger partial charge in [-0.1, -0.05) is 12.1 Å². The number of hydrogen-bond acceptors (Lipinski definition) is 1. The predicted octanol–water partition coefficient (Wildman–Crippen LogP) is 2.83. The Bertz CT molecular complexity index is 275. The van der Waals surface area contributed by atoms with Crippen LogP contribution in [0.5, 0.6) is 0 Å². The van der Waals surface area contributed by atoms with Crippen LogP contribution in [-0.4, -0.2) is 13.1 Å². The van der Waals surface area contributed by atoms with E-state index in [9.17, 15) is 0 Å². The lowest BCUT2D eigenvalue weighted by Crippen LogP contribution is -2.28. The van der Waals surface area contributed by atoms with Crippen LogP contribution >= 0.6 is 22.6 Å². The predicted molar refractivity (Wildman–Crippen MR) is 68.5 cm³/mol. The Morgan fingerprint density at radius 1 is 1.14 bits per heavy atom. The van der Waals surface area contributed by atoms with Gasteiger partial charge in [0.05, 0.1) is 0 Å². The second-order valence-electron chi connectivity index (χ2n) is 4.02. The van der Waals surface area contributed by atoms with Crippen molar-refractivity contribution in [3.8, 4) is 0 Å². The van der Waals surface area contributed by atoms with Gasteiger partial charge in [-0.15, -0.1) is 0 Å². The Balaban J connectivity index is 1.92. The molecule has 0 radical (unpaired) electrons. The minimum absolute atomic E-state index is 0.899. The van der Waals surface area contributed by atoms with Gasteiger partial charge in [0.2, 0.25) is 0 Å². The van der Waals surface area contributed by atoms with Crippen LogP contribution in [0.2, 0.25) is 0 Å². The third-order valence-corrected chi connectivity index (χ3v) is 3.62. The summed E-state index contributed by atoms with van der Waals surface area (Å²) in [5.41, 5.74) is 1.50. The van der Waals surface area contributed by atoms with E-state index in [0.29, 0.717) is 0 Å². The molecule has 0 aliphatic carbocycles. The molecule has 1 nitrogen and oxygen atoms in total. The van der Waals surface area contributed by atoms with Gasteiger partial charge in [-0.2, -0.15) is 0 Å². The van der Waals surface area contributed by atoms with Crippen LogP contribution < -0.4 is 5.32 Å². The van der Waals surface area contributed by atoms with Gasteiger partial charge in [0.15, 0.2) is 0 Å². The molecule has 1 aliphatic rings. The minimum Gasteiger partial charge on any atom is -0.317 e. The normalized spacial score (nSPS) is 18.4. The van der Waals surface area contributed by atoms with Crippen molar-refractivity contribution in [1.82, 2.24) is 5.32 Å². The zero-order chi connectivity index (χ0) is 9.80. The SMILES string of the molecule is Ic1ccc(CC2CCNCC2)cc1. The van der Waals surface area contributed by atoms with E-state index in [4.69, 9.17) is 0 Å². The van der Waals surface area contributed by atoms with Crippen molar-refractivity contribution in [2.24, 2.45) is 5.92 Å². The maximum atomic E-state index is 3.41. The maximum Gasteiger partial charge on any atom is 0.0130 e. The number of nitrogens with one attached hydrogen (secondary N) is 1. The van der Waals surface area contributed by atoms with Crippen LogP contribution in [0, 0.1) is 9.49 Å². The summed E-state index contributed by atoms with van der Waals surface area (Å²) in [4.78, 5) is 0. The molecule has 76 valence electrons. The van der Waals surface area contributed by atoms with E-state index >= 15 is 0 Å². The first kappa shape index (κ1) is 10.4. The first-order chi connectivity index (χ1) is 6.84. The number of rotatable bonds is 2. The highest BCUT2D eigenvalue weighted by atomic mass is 127. The monoisotopic (exact) mass is 301 g/mol. The highest BCUT2D eigenvalue weighted by Gasteiger charge is 2.12. The Morgan fingerprint density at radius 2 is 1.79 bits per heavy atom. The summed E-state index contributed by atoms with van der Waals surface area (Å²) < 4.78 is 1.33. The summed E-state index contributed by atoms with van der Waals surface area (Å²) in [6.45, 7) is 2.41. The van der Waals surface area contributed by atoms with Crippen molar-refractivity contribution in [1.29, 1.82) is 0 Å². The average molecular weight is 301 g/mol. The Labute approximate surface area is 99.4 Å². The third kappa shape index (κ3) is 2.95. The molecule has 1 aromatic rings. The smallest absolute Gasteiger partial charge is 0.0130 e. The van der Waals surface area contributed by atoms with Crippen LogP contribution in [0.3, 0.4) is 0 Å². The summed E-state index contributed by atoms with van der Waals surface area (Å²) >= 11 is 2.36. The highest BCUT2D eigenvalue weighted by Crippen LogP contribution is 2.18. The van der Waals surface area contributed by atoms with Crippen LogP contribution in [0.1, 0.15) is 18.4 Å². The third-order valence-electron chi connectivity index (χ3n) is 2.90. The van der Waals surface area contributed by atoms with Gasteiger partial charge < -0.3 is 5.32 Å². The molecule has 0 saturated carbocycles. The molecule has 1 saturated heterocycles. The first-order valence-corrected chi connectivity index (χ1v) is 6.37. The summed E-state index contributed by atoms with van der Waals surface area (Å²) in [7, 11) is 0. The van der Waals surface area contributed by atoms with Crippen LogP contribution in [0.4, 0.5) is 0 Å². The summed E-state index contributed by atoms with van der Waals surface area (Å²) in [5.74, 6) is 0.899. The molecule has 1 N–H and O–H groups in total. The topological polar surface area (TPSA) is 12.0 Å². The van der Waals surface area contributed by atoms with Crippen molar-refractivity contribution < 1.29 is 0 Å². The van der Waals surface area contributed by atoms with Crippen molar-refractivity contribution in [3.63, 3.8) is 0 Å². The Morgan fingerprint density at radius 3 is 2.43 bits per heavy atom. The molecule has 0 spiro atoms. The van der Waals surface area contributed by atoms with Crippen LogP contribution in [0.15, 0.2) is 24.3 Å². The maximum absolute atomic E-state index is 3.41. The van der Waals surface area contributed by atoms with Crippen molar-refractivity contribution in [2.45, 2.75) is 19.3 Å². The molecule has 0 atom stereocenters. The molecule has 1 aromatic carbocycles. The zero-order valence-corrected chi connectivity index (χ0v) is 10.5. The number of piperidine rings is 1. The van der Waals surface area contributed by atoms with Crippen molar-refractivity contribution >= 4 is 22.6 Å². The van der Waals surface area contributed by atoms with E-state index in [1.807, 2.05) is 0 Å². The van der Waals surface area contributed by atoms with Gasteiger partial charge in [-0.05, 0) is 78.6 Å². The lowest BCUT2D eigenvalue weighted by atomic mass is 9.91. The first-order valence-electron chi connectivity index (χ1n) is 5.30. The lowest BCUT2D eigenvalue weighted by Gasteiger charge is -2.22. The molecular weight excluding hydrogens is 285 g/mol. The van der Waals surface area contributed by atoms with Crippen molar-refractivity contribution in [3.05, 3.63) is 33.4 Å². The Kier molecular flexibility index (Phi) is 3.81. The standard InChI is InChI=1S/C12H16IN/c13-12-3-1-10(2-4-12)9-11-5-7-14-8-6-11/h1-4,11,14H,5-9H2. The molecule has 1 aliphatic heterocycles. The van der Waals surface area contributed by atoms with E-state index in [1.54, 1.807) is 0 Å². The lowest BCUT2D eigenvalue weighted by molar-refractivity contribution is 0.372. The summed E-state index contributed by atoms with van der Waals surface area (Å²) in [6, 6.07) is 8.95. The summed E-state index contributed by atoms with van der Waals surface area (Å²) in [6.07, 6.45) is 3.94. The van der Waals surface area contributed by atoms with E-state index in [0.717, 1.165) is 5.92 Å². The fraction of sp³-hybridized carbons (Fsp3) is 0.500. The quantitative estimate of drug-likeness (QED) is 0.828. The molecule has 1 heterocycles. The molecule has 2 heteroatoms. The molecule has 0 unspecified atom stereocenters. The van der Waals surface area contributed by atoms with E-state index < -0.39 is 0 Å². The highest BCUT2D eigenvalue weighted by molar-refractivity contribution is 14.1. The fourth-order valence-electron chi connectivity index (χ4n) is 2.04. The van der Waals surface area contributed by atoms with Gasteiger partial charge in [-0.25, -0.2) is 0 Å². The van der Waals surface area contributed by atoms with Gasteiger partial charge in [-0.3, -0.25) is 0 Å². The van der Waals surface area contributed by atoms with Gasteiger partial charge in [0.1, 0.15) is 0 Å². The molecule has 0 aromatic heterocycles. The molecule has 2 rings (SSSR count). The van der Waals surface area contributed by atoms with Crippen LogP contribution in [-0.2, 0) is 6.42 Å². The number of hydrogen-bond donors (Lipinski definition) is 1. The molecule has 0 amide bonds. The van der Waals surface area contributed by atoms with Crippen molar-refractivity contribution in [2.75, 3.05) is 13.1 Å². The second-order valence-corrected chi connectivity index (χ2v) is 5.27. The van der Waals surface area contributed by atoms with Gasteiger partial charge in [0.25, 0.3) is 0 Å². The van der Waals surface area contributed by atoms with Gasteiger partial charge >= 0.3 is 0 Å². The minimum atomic E-state index is 0.899. The average Bonchev–Trinajstić information content (AvgIpc) is 2.23. The van der Waals surface area contributed by atoms with E-state index in [2.05, 4.69) is 52.2 Å². The molecule has 0 bridgehead atoms. The summed E-state index contributed by atoms with van der Waals surface area (Å²) in [5, 5.41) is 3.41. The molecule has 14 heavy (non-hydrogen) atoms. The van der Waals surface area contributed by atoms with E-state index in [1.165, 1.54) is 41.5 Å².